The molecule has 2 amide bonds. The predicted molar refractivity (Wildman–Crippen MR) is 72.2 cm³/mol. The summed E-state index contributed by atoms with van der Waals surface area (Å²) in [6.07, 6.45) is 2.04. The molecule has 5 nitrogen and oxygen atoms in total. The van der Waals surface area contributed by atoms with E-state index in [1.165, 1.54) is 0 Å². The van der Waals surface area contributed by atoms with Gasteiger partial charge < -0.3 is 15.4 Å². The lowest BCUT2D eigenvalue weighted by atomic mass is 10.1. The average Bonchev–Trinajstić information content (AvgIpc) is 2.42. The van der Waals surface area contributed by atoms with Crippen molar-refractivity contribution in [3.05, 3.63) is 23.8 Å². The van der Waals surface area contributed by atoms with E-state index in [2.05, 4.69) is 10.6 Å². The van der Waals surface area contributed by atoms with Crippen molar-refractivity contribution in [3.63, 3.8) is 0 Å². The molecule has 2 N–H and O–H groups in total. The maximum atomic E-state index is 11.5. The summed E-state index contributed by atoms with van der Waals surface area (Å²) >= 11 is 0. The number of carbonyl (C=O) groups is 2. The topological polar surface area (TPSA) is 67.4 Å². The van der Waals surface area contributed by atoms with Crippen molar-refractivity contribution in [3.8, 4) is 5.75 Å². The Morgan fingerprint density at radius 3 is 3.11 bits per heavy atom. The van der Waals surface area contributed by atoms with Gasteiger partial charge in [-0.25, -0.2) is 0 Å². The van der Waals surface area contributed by atoms with Crippen LogP contribution >= 0.6 is 0 Å². The molecule has 2 rings (SSSR count). The molecule has 0 unspecified atom stereocenters. The molecule has 0 radical (unpaired) electrons. The summed E-state index contributed by atoms with van der Waals surface area (Å²) < 4.78 is 5.28. The van der Waals surface area contributed by atoms with Gasteiger partial charge in [0.1, 0.15) is 5.75 Å². The summed E-state index contributed by atoms with van der Waals surface area (Å²) in [5.74, 6) is 0.587. The second kappa shape index (κ2) is 6.22. The Morgan fingerprint density at radius 1 is 1.47 bits per heavy atom. The van der Waals surface area contributed by atoms with Crippen molar-refractivity contribution in [2.75, 3.05) is 18.5 Å². The number of amides is 2. The molecule has 0 saturated heterocycles. The highest BCUT2D eigenvalue weighted by Gasteiger charge is 2.15. The molecule has 0 bridgehead atoms. The van der Waals surface area contributed by atoms with Gasteiger partial charge in [-0.15, -0.1) is 0 Å². The zero-order chi connectivity index (χ0) is 13.7. The molecule has 0 atom stereocenters. The minimum Gasteiger partial charge on any atom is -0.482 e. The van der Waals surface area contributed by atoms with Crippen molar-refractivity contribution >= 4 is 17.5 Å². The Bertz CT molecular complexity index is 486. The molecular weight excluding hydrogens is 244 g/mol. The van der Waals surface area contributed by atoms with E-state index in [1.807, 2.05) is 25.1 Å². The van der Waals surface area contributed by atoms with Gasteiger partial charge in [-0.2, -0.15) is 0 Å². The van der Waals surface area contributed by atoms with Crippen LogP contribution in [0.3, 0.4) is 0 Å². The van der Waals surface area contributed by atoms with Crippen LogP contribution in [0.2, 0.25) is 0 Å². The van der Waals surface area contributed by atoms with E-state index in [0.29, 0.717) is 30.8 Å². The number of aryl methyl sites for hydroxylation is 1. The molecule has 1 heterocycles. The van der Waals surface area contributed by atoms with Crippen molar-refractivity contribution in [1.82, 2.24) is 5.32 Å². The largest absolute Gasteiger partial charge is 0.482 e. The molecule has 0 aliphatic carbocycles. The minimum atomic E-state index is -0.148. The lowest BCUT2D eigenvalue weighted by Crippen LogP contribution is -2.25. The molecule has 0 aromatic heterocycles. The SMILES string of the molecule is CCCNC(=O)CCc1ccc2c(c1)NC(=O)CO2. The standard InChI is InChI=1S/C14H18N2O3/c1-2-7-15-13(17)6-4-10-3-5-12-11(8-10)16-14(18)9-19-12/h3,5,8H,2,4,6-7,9H2,1H3,(H,15,17)(H,16,18). The molecule has 1 aliphatic rings. The first kappa shape index (κ1) is 13.4. The molecule has 0 spiro atoms. The van der Waals surface area contributed by atoms with Crippen LogP contribution in [-0.4, -0.2) is 25.0 Å². The quantitative estimate of drug-likeness (QED) is 0.844. The van der Waals surface area contributed by atoms with Crippen molar-refractivity contribution in [2.45, 2.75) is 26.2 Å². The molecule has 1 aromatic carbocycles. The van der Waals surface area contributed by atoms with Gasteiger partial charge in [-0.1, -0.05) is 13.0 Å². The van der Waals surface area contributed by atoms with Crippen LogP contribution in [0, 0.1) is 0 Å². The van der Waals surface area contributed by atoms with E-state index >= 15 is 0 Å². The van der Waals surface area contributed by atoms with Crippen LogP contribution < -0.4 is 15.4 Å². The van der Waals surface area contributed by atoms with Crippen LogP contribution in [0.1, 0.15) is 25.3 Å². The maximum absolute atomic E-state index is 11.5. The normalized spacial score (nSPS) is 13.2. The fourth-order valence-electron chi connectivity index (χ4n) is 1.90. The molecule has 5 heteroatoms. The third-order valence-electron chi connectivity index (χ3n) is 2.89. The number of hydrogen-bond donors (Lipinski definition) is 2. The van der Waals surface area contributed by atoms with Crippen LogP contribution in [0.4, 0.5) is 5.69 Å². The van der Waals surface area contributed by atoms with Crippen LogP contribution in [-0.2, 0) is 16.0 Å². The number of rotatable bonds is 5. The predicted octanol–water partition coefficient (Wildman–Crippen LogP) is 1.48. The van der Waals surface area contributed by atoms with Gasteiger partial charge in [0.2, 0.25) is 5.91 Å². The fourth-order valence-corrected chi connectivity index (χ4v) is 1.90. The Morgan fingerprint density at radius 2 is 2.32 bits per heavy atom. The highest BCUT2D eigenvalue weighted by Crippen LogP contribution is 2.28. The number of anilines is 1. The van der Waals surface area contributed by atoms with Crippen LogP contribution in [0.5, 0.6) is 5.75 Å². The van der Waals surface area contributed by atoms with E-state index in [9.17, 15) is 9.59 Å². The molecular formula is C14H18N2O3. The number of ether oxygens (including phenoxy) is 1. The highest BCUT2D eigenvalue weighted by molar-refractivity contribution is 5.95. The summed E-state index contributed by atoms with van der Waals surface area (Å²) in [4.78, 5) is 22.7. The van der Waals surface area contributed by atoms with Crippen LogP contribution in [0.15, 0.2) is 18.2 Å². The summed E-state index contributed by atoms with van der Waals surface area (Å²) in [5, 5.41) is 5.60. The summed E-state index contributed by atoms with van der Waals surface area (Å²) in [5.41, 5.74) is 1.69. The molecule has 1 aromatic rings. The zero-order valence-corrected chi connectivity index (χ0v) is 11.0. The van der Waals surface area contributed by atoms with E-state index < -0.39 is 0 Å². The second-order valence-corrected chi connectivity index (χ2v) is 4.52. The Labute approximate surface area is 112 Å². The van der Waals surface area contributed by atoms with Crippen molar-refractivity contribution < 1.29 is 14.3 Å². The van der Waals surface area contributed by atoms with Gasteiger partial charge in [-0.3, -0.25) is 9.59 Å². The van der Waals surface area contributed by atoms with E-state index in [0.717, 1.165) is 12.0 Å². The first-order valence-electron chi connectivity index (χ1n) is 6.51. The fraction of sp³-hybridized carbons (Fsp3) is 0.429. The van der Waals surface area contributed by atoms with Crippen molar-refractivity contribution in [2.24, 2.45) is 0 Å². The monoisotopic (exact) mass is 262 g/mol. The van der Waals surface area contributed by atoms with Crippen molar-refractivity contribution in [1.29, 1.82) is 0 Å². The Hall–Kier alpha value is -2.04. The molecule has 19 heavy (non-hydrogen) atoms. The van der Waals surface area contributed by atoms with Gasteiger partial charge in [-0.05, 0) is 30.5 Å². The third-order valence-corrected chi connectivity index (χ3v) is 2.89. The third kappa shape index (κ3) is 3.71. The van der Waals surface area contributed by atoms with E-state index in [1.54, 1.807) is 0 Å². The van der Waals surface area contributed by atoms with Gasteiger partial charge in [0.25, 0.3) is 5.91 Å². The zero-order valence-electron chi connectivity index (χ0n) is 11.0. The minimum absolute atomic E-state index is 0.0554. The maximum Gasteiger partial charge on any atom is 0.262 e. The Balaban J connectivity index is 1.93. The van der Waals surface area contributed by atoms with Gasteiger partial charge in [0.05, 0.1) is 5.69 Å². The van der Waals surface area contributed by atoms with Crippen LogP contribution in [0.25, 0.3) is 0 Å². The lowest BCUT2D eigenvalue weighted by Gasteiger charge is -2.18. The highest BCUT2D eigenvalue weighted by atomic mass is 16.5. The smallest absolute Gasteiger partial charge is 0.262 e. The van der Waals surface area contributed by atoms with Gasteiger partial charge in [0, 0.05) is 13.0 Å². The summed E-state index contributed by atoms with van der Waals surface area (Å²) in [6.45, 7) is 2.80. The number of nitrogens with one attached hydrogen (secondary N) is 2. The average molecular weight is 262 g/mol. The van der Waals surface area contributed by atoms with E-state index in [4.69, 9.17) is 4.74 Å². The van der Waals surface area contributed by atoms with E-state index in [-0.39, 0.29) is 18.4 Å². The lowest BCUT2D eigenvalue weighted by molar-refractivity contribution is -0.121. The Kier molecular flexibility index (Phi) is 4.39. The van der Waals surface area contributed by atoms with Gasteiger partial charge >= 0.3 is 0 Å². The number of hydrogen-bond acceptors (Lipinski definition) is 3. The number of carbonyl (C=O) groups excluding carboxylic acids is 2. The van der Waals surface area contributed by atoms with Gasteiger partial charge in [0.15, 0.2) is 6.61 Å². The first-order valence-corrected chi connectivity index (χ1v) is 6.51. The number of fused-ring (bicyclic) bond motifs is 1. The second-order valence-electron chi connectivity index (χ2n) is 4.52. The first-order chi connectivity index (χ1) is 9.19. The molecule has 1 aliphatic heterocycles. The molecule has 0 fully saturated rings. The summed E-state index contributed by atoms with van der Waals surface area (Å²) in [7, 11) is 0. The molecule has 102 valence electrons. The molecule has 0 saturated carbocycles. The summed E-state index contributed by atoms with van der Waals surface area (Å²) in [6, 6.07) is 5.61. The number of benzene rings is 1.